The number of hydrogen-bond donors (Lipinski definition) is 1. The van der Waals surface area contributed by atoms with Gasteiger partial charge < -0.3 is 9.88 Å². The molecule has 0 saturated carbocycles. The predicted octanol–water partition coefficient (Wildman–Crippen LogP) is 11.4. The molecule has 5 aromatic carbocycles. The van der Waals surface area contributed by atoms with Crippen molar-refractivity contribution in [3.63, 3.8) is 0 Å². The van der Waals surface area contributed by atoms with Gasteiger partial charge in [-0.1, -0.05) is 140 Å². The molecule has 0 saturated heterocycles. The molecule has 6 aromatic rings. The highest BCUT2D eigenvalue weighted by molar-refractivity contribution is 5.94. The van der Waals surface area contributed by atoms with Crippen LogP contribution in [-0.2, 0) is 19.3 Å². The summed E-state index contributed by atoms with van der Waals surface area (Å²) < 4.78 is 2.66. The van der Waals surface area contributed by atoms with Crippen LogP contribution in [0.4, 0.5) is 0 Å². The van der Waals surface area contributed by atoms with Gasteiger partial charge in [0.2, 0.25) is 0 Å². The molecule has 0 aliphatic heterocycles. The molecule has 2 heteroatoms. The summed E-state index contributed by atoms with van der Waals surface area (Å²) in [6, 6.07) is 46.6. The predicted molar refractivity (Wildman–Crippen MR) is 217 cm³/mol. The second kappa shape index (κ2) is 12.6. The first-order valence-corrected chi connectivity index (χ1v) is 18.6. The summed E-state index contributed by atoms with van der Waals surface area (Å²) in [5, 5.41) is 3.53. The molecule has 52 heavy (non-hydrogen) atoms. The van der Waals surface area contributed by atoms with E-state index in [-0.39, 0.29) is 5.92 Å². The Kier molecular flexibility index (Phi) is 7.42. The third-order valence-electron chi connectivity index (χ3n) is 11.5. The molecule has 0 spiro atoms. The first-order chi connectivity index (χ1) is 25.7. The van der Waals surface area contributed by atoms with Crippen molar-refractivity contribution in [2.75, 3.05) is 7.05 Å². The maximum absolute atomic E-state index is 3.53. The number of rotatable bonds is 8. The largest absolute Gasteiger partial charge is 0.388 e. The summed E-state index contributed by atoms with van der Waals surface area (Å²) >= 11 is 0. The summed E-state index contributed by atoms with van der Waals surface area (Å²) in [5.41, 5.74) is 23.1. The van der Waals surface area contributed by atoms with Crippen LogP contribution in [0, 0.1) is 0 Å². The molecule has 4 aliphatic rings. The van der Waals surface area contributed by atoms with Crippen LogP contribution in [0.15, 0.2) is 163 Å². The molecule has 1 atom stereocenters. The zero-order valence-corrected chi connectivity index (χ0v) is 29.4. The van der Waals surface area contributed by atoms with Crippen LogP contribution in [0.1, 0.15) is 68.2 Å². The average molecular weight is 669 g/mol. The zero-order valence-electron chi connectivity index (χ0n) is 29.4. The molecular weight excluding hydrogens is 629 g/mol. The van der Waals surface area contributed by atoms with Crippen molar-refractivity contribution in [1.82, 2.24) is 9.88 Å². The molecule has 2 nitrogen and oxygen atoms in total. The van der Waals surface area contributed by atoms with Crippen molar-refractivity contribution >= 4 is 23.4 Å². The zero-order chi connectivity index (χ0) is 34.6. The molecule has 1 heterocycles. The van der Waals surface area contributed by atoms with Crippen LogP contribution in [-0.4, -0.2) is 11.6 Å². The van der Waals surface area contributed by atoms with Gasteiger partial charge in [-0.3, -0.25) is 0 Å². The normalized spacial score (nSPS) is 15.8. The summed E-state index contributed by atoms with van der Waals surface area (Å²) in [7, 11) is 2.03. The van der Waals surface area contributed by atoms with E-state index in [1.807, 2.05) is 7.05 Å². The second-order valence-corrected chi connectivity index (χ2v) is 14.4. The van der Waals surface area contributed by atoms with Gasteiger partial charge in [0.15, 0.2) is 0 Å². The Morgan fingerprint density at radius 3 is 2.12 bits per heavy atom. The highest BCUT2D eigenvalue weighted by Gasteiger charge is 2.34. The van der Waals surface area contributed by atoms with Crippen molar-refractivity contribution in [2.45, 2.75) is 31.6 Å². The standard InChI is InChI=1S/C50H40N2/c1-51-46(36-21-9-4-10-22-36)32-42(35-19-7-3-8-20-35)40-24-13-23-37-27-43-41(50(37)40)25-14-26-47(43)52-48-30-38(33-15-5-2-6-16-33)28-44(48)45-29-39(31-49(45)52)34-17-11-12-18-34/h2-11,13-26,28-29,32,42,51H,12,27,30-31H2,1H3/b46-32-. The Balaban J connectivity index is 1.13. The maximum atomic E-state index is 3.53. The highest BCUT2D eigenvalue weighted by atomic mass is 15.0. The van der Waals surface area contributed by atoms with Gasteiger partial charge >= 0.3 is 0 Å². The van der Waals surface area contributed by atoms with E-state index in [0.29, 0.717) is 0 Å². The molecule has 4 aliphatic carbocycles. The first-order valence-electron chi connectivity index (χ1n) is 18.6. The van der Waals surface area contributed by atoms with Gasteiger partial charge in [0.05, 0.1) is 0 Å². The SMILES string of the molecule is CN/C(=C\C(c1ccccc1)c1cccc2c1-c1cccc(-n3c4c(c5c3CC(c3ccccc3)=C5)C=C(C3=CCC=C3)C4)c1C2)c1ccccc1. The first kappa shape index (κ1) is 30.7. The van der Waals surface area contributed by atoms with E-state index < -0.39 is 0 Å². The molecule has 10 rings (SSSR count). The molecule has 0 fully saturated rings. The number of aromatic nitrogens is 1. The van der Waals surface area contributed by atoms with E-state index in [9.17, 15) is 0 Å². The molecular formula is C50H40N2. The van der Waals surface area contributed by atoms with Gasteiger partial charge in [0.25, 0.3) is 0 Å². The van der Waals surface area contributed by atoms with E-state index in [1.54, 1.807) is 0 Å². The van der Waals surface area contributed by atoms with Crippen LogP contribution < -0.4 is 5.32 Å². The Morgan fingerprint density at radius 2 is 1.38 bits per heavy atom. The summed E-state index contributed by atoms with van der Waals surface area (Å²) in [6.07, 6.45) is 18.2. The van der Waals surface area contributed by atoms with Crippen LogP contribution in [0.5, 0.6) is 0 Å². The Labute approximate surface area is 306 Å². The van der Waals surface area contributed by atoms with Gasteiger partial charge in [-0.15, -0.1) is 0 Å². The molecule has 1 aromatic heterocycles. The molecule has 1 N–H and O–H groups in total. The number of nitrogens with zero attached hydrogens (tertiary/aromatic N) is 1. The minimum absolute atomic E-state index is 0.0746. The van der Waals surface area contributed by atoms with Crippen LogP contribution in [0.3, 0.4) is 0 Å². The van der Waals surface area contributed by atoms with Crippen molar-refractivity contribution in [2.24, 2.45) is 0 Å². The fraction of sp³-hybridized carbons (Fsp3) is 0.120. The monoisotopic (exact) mass is 668 g/mol. The number of fused-ring (bicyclic) bond motifs is 6. The lowest BCUT2D eigenvalue weighted by Crippen LogP contribution is -2.09. The molecule has 1 unspecified atom stereocenters. The number of allylic oxidation sites excluding steroid dienone is 7. The number of nitrogens with one attached hydrogen (secondary N) is 1. The van der Waals surface area contributed by atoms with Crippen LogP contribution in [0.2, 0.25) is 0 Å². The van der Waals surface area contributed by atoms with Crippen molar-refractivity contribution in [3.8, 4) is 16.8 Å². The van der Waals surface area contributed by atoms with Gasteiger partial charge in [-0.25, -0.2) is 0 Å². The fourth-order valence-corrected chi connectivity index (χ4v) is 9.09. The smallest absolute Gasteiger partial charge is 0.0497 e. The minimum atomic E-state index is 0.0746. The van der Waals surface area contributed by atoms with E-state index >= 15 is 0 Å². The van der Waals surface area contributed by atoms with Gasteiger partial charge in [0, 0.05) is 66.1 Å². The summed E-state index contributed by atoms with van der Waals surface area (Å²) in [4.78, 5) is 0. The highest BCUT2D eigenvalue weighted by Crippen LogP contribution is 2.49. The average Bonchev–Trinajstić information content (AvgIpc) is 4.04. The third-order valence-corrected chi connectivity index (χ3v) is 11.5. The summed E-state index contributed by atoms with van der Waals surface area (Å²) in [6.45, 7) is 0. The third kappa shape index (κ3) is 5.01. The van der Waals surface area contributed by atoms with Gasteiger partial charge in [-0.05, 0) is 91.9 Å². The number of hydrogen-bond acceptors (Lipinski definition) is 1. The quantitative estimate of drug-likeness (QED) is 0.171. The molecule has 250 valence electrons. The van der Waals surface area contributed by atoms with E-state index in [0.717, 1.165) is 31.4 Å². The lowest BCUT2D eigenvalue weighted by Gasteiger charge is -2.21. The molecule has 0 radical (unpaired) electrons. The Hall–Kier alpha value is -6.12. The van der Waals surface area contributed by atoms with E-state index in [4.69, 9.17) is 0 Å². The van der Waals surface area contributed by atoms with Gasteiger partial charge in [0.1, 0.15) is 0 Å². The Morgan fingerprint density at radius 1 is 0.692 bits per heavy atom. The fourth-order valence-electron chi connectivity index (χ4n) is 9.09. The van der Waals surface area contributed by atoms with Crippen LogP contribution >= 0.6 is 0 Å². The lowest BCUT2D eigenvalue weighted by molar-refractivity contribution is 0.901. The minimum Gasteiger partial charge on any atom is -0.388 e. The van der Waals surface area contributed by atoms with Crippen molar-refractivity contribution < 1.29 is 0 Å². The second-order valence-electron chi connectivity index (χ2n) is 14.4. The van der Waals surface area contributed by atoms with E-state index in [2.05, 4.69) is 174 Å². The van der Waals surface area contributed by atoms with Crippen molar-refractivity contribution in [3.05, 3.63) is 219 Å². The molecule has 0 amide bonds. The summed E-state index contributed by atoms with van der Waals surface area (Å²) in [5.74, 6) is 0.0746. The molecule has 0 bridgehead atoms. The van der Waals surface area contributed by atoms with Crippen molar-refractivity contribution in [1.29, 1.82) is 0 Å². The van der Waals surface area contributed by atoms with E-state index in [1.165, 1.54) is 89.4 Å². The Bertz CT molecular complexity index is 2520. The van der Waals surface area contributed by atoms with Gasteiger partial charge in [-0.2, -0.15) is 0 Å². The number of benzene rings is 5. The topological polar surface area (TPSA) is 17.0 Å². The van der Waals surface area contributed by atoms with Crippen LogP contribution in [0.25, 0.3) is 40.2 Å². The lowest BCUT2D eigenvalue weighted by atomic mass is 9.84. The maximum Gasteiger partial charge on any atom is 0.0497 e.